The van der Waals surface area contributed by atoms with E-state index in [0.717, 1.165) is 14.8 Å². The maximum Gasteiger partial charge on any atom is 0.130 e. The van der Waals surface area contributed by atoms with Gasteiger partial charge < -0.3 is 11.1 Å². The third-order valence-electron chi connectivity index (χ3n) is 2.35. The third kappa shape index (κ3) is 2.85. The van der Waals surface area contributed by atoms with E-state index in [0.29, 0.717) is 11.5 Å². The van der Waals surface area contributed by atoms with E-state index in [4.69, 9.17) is 5.73 Å². The maximum absolute atomic E-state index is 12.9. The topological polar surface area (TPSA) is 50.9 Å². The van der Waals surface area contributed by atoms with Crippen LogP contribution in [0.3, 0.4) is 0 Å². The van der Waals surface area contributed by atoms with Crippen molar-refractivity contribution in [3.8, 4) is 0 Å². The molecule has 0 saturated heterocycles. The first-order valence-electron chi connectivity index (χ1n) is 5.00. The molecule has 17 heavy (non-hydrogen) atoms. The van der Waals surface area contributed by atoms with Crippen LogP contribution in [0.5, 0.6) is 0 Å². The molecule has 0 aliphatic carbocycles. The van der Waals surface area contributed by atoms with Crippen LogP contribution in [0.1, 0.15) is 5.56 Å². The molecule has 2 aromatic rings. The molecule has 3 N–H and O–H groups in total. The van der Waals surface area contributed by atoms with Crippen molar-refractivity contribution in [3.63, 3.8) is 0 Å². The van der Waals surface area contributed by atoms with Crippen molar-refractivity contribution in [2.45, 2.75) is 6.92 Å². The Morgan fingerprint density at radius 3 is 2.76 bits per heavy atom. The number of aryl methyl sites for hydroxylation is 1. The van der Waals surface area contributed by atoms with E-state index in [2.05, 4.69) is 32.9 Å². The Hall–Kier alpha value is -1.37. The van der Waals surface area contributed by atoms with Gasteiger partial charge in [-0.3, -0.25) is 0 Å². The average Bonchev–Trinajstić information content (AvgIpc) is 2.27. The van der Waals surface area contributed by atoms with Crippen molar-refractivity contribution in [1.29, 1.82) is 0 Å². The summed E-state index contributed by atoms with van der Waals surface area (Å²) < 4.78 is 13.7. The van der Waals surface area contributed by atoms with E-state index < -0.39 is 0 Å². The molecule has 0 saturated carbocycles. The number of aromatic nitrogens is 1. The number of anilines is 3. The van der Waals surface area contributed by atoms with E-state index in [-0.39, 0.29) is 5.82 Å². The van der Waals surface area contributed by atoms with Crippen LogP contribution in [0.25, 0.3) is 0 Å². The molecule has 2 rings (SSSR count). The molecule has 0 atom stereocenters. The van der Waals surface area contributed by atoms with Gasteiger partial charge in [-0.05, 0) is 59.3 Å². The van der Waals surface area contributed by atoms with Crippen LogP contribution in [0.4, 0.5) is 21.6 Å². The fourth-order valence-corrected chi connectivity index (χ4v) is 1.98. The predicted molar refractivity (Wildman–Crippen MR) is 75.8 cm³/mol. The van der Waals surface area contributed by atoms with Gasteiger partial charge in [-0.2, -0.15) is 0 Å². The first-order valence-corrected chi connectivity index (χ1v) is 6.08. The second kappa shape index (κ2) is 4.87. The Kier molecular flexibility index (Phi) is 3.46. The number of benzene rings is 1. The Bertz CT molecular complexity index is 557. The second-order valence-corrected chi connectivity index (χ2v) is 4.84. The fourth-order valence-electron chi connectivity index (χ4n) is 1.36. The number of nitrogens with two attached hydrogens (primary N) is 1. The van der Waals surface area contributed by atoms with Crippen molar-refractivity contribution in [1.82, 2.24) is 4.98 Å². The minimum absolute atomic E-state index is 0.249. The Morgan fingerprint density at radius 1 is 1.35 bits per heavy atom. The van der Waals surface area contributed by atoms with Crippen LogP contribution in [-0.4, -0.2) is 4.98 Å². The number of hydrogen-bond donors (Lipinski definition) is 2. The van der Waals surface area contributed by atoms with Crippen molar-refractivity contribution < 1.29 is 4.39 Å². The number of rotatable bonds is 2. The molecule has 0 fully saturated rings. The molecule has 1 aromatic heterocycles. The smallest absolute Gasteiger partial charge is 0.130 e. The minimum atomic E-state index is -0.249. The Balaban J connectivity index is 2.28. The highest BCUT2D eigenvalue weighted by Gasteiger charge is 2.03. The number of nitrogens with one attached hydrogen (secondary N) is 1. The average molecular weight is 343 g/mol. The molecular formula is C12H11FIN3. The molecule has 0 aliphatic heterocycles. The molecule has 0 amide bonds. The molecule has 0 unspecified atom stereocenters. The van der Waals surface area contributed by atoms with Gasteiger partial charge in [0.2, 0.25) is 0 Å². The lowest BCUT2D eigenvalue weighted by molar-refractivity contribution is 0.627. The van der Waals surface area contributed by atoms with Crippen LogP contribution in [0.15, 0.2) is 30.5 Å². The van der Waals surface area contributed by atoms with E-state index in [1.807, 2.05) is 13.0 Å². The highest BCUT2D eigenvalue weighted by atomic mass is 127. The van der Waals surface area contributed by atoms with Crippen molar-refractivity contribution in [2.75, 3.05) is 11.1 Å². The molecule has 3 nitrogen and oxygen atoms in total. The summed E-state index contributed by atoms with van der Waals surface area (Å²) in [5.41, 5.74) is 8.13. The zero-order valence-electron chi connectivity index (χ0n) is 9.17. The molecule has 0 bridgehead atoms. The number of halogens is 2. The van der Waals surface area contributed by atoms with Crippen molar-refractivity contribution in [2.24, 2.45) is 0 Å². The number of nitrogens with zero attached hydrogens (tertiary/aromatic N) is 1. The molecule has 1 heterocycles. The largest absolute Gasteiger partial charge is 0.397 e. The Morgan fingerprint density at radius 2 is 2.12 bits per heavy atom. The predicted octanol–water partition coefficient (Wildman–Crippen LogP) is 3.46. The number of nitrogen functional groups attached to an aromatic ring is 1. The van der Waals surface area contributed by atoms with Gasteiger partial charge in [0.15, 0.2) is 0 Å². The highest BCUT2D eigenvalue weighted by Crippen LogP contribution is 2.23. The minimum Gasteiger partial charge on any atom is -0.397 e. The van der Waals surface area contributed by atoms with Crippen molar-refractivity contribution in [3.05, 3.63) is 45.4 Å². The van der Waals surface area contributed by atoms with Gasteiger partial charge in [0.05, 0.1) is 17.6 Å². The summed E-state index contributed by atoms with van der Waals surface area (Å²) in [6.45, 7) is 1.91. The normalized spacial score (nSPS) is 10.3. The zero-order valence-corrected chi connectivity index (χ0v) is 11.3. The van der Waals surface area contributed by atoms with Gasteiger partial charge in [0, 0.05) is 3.57 Å². The van der Waals surface area contributed by atoms with Crippen LogP contribution in [-0.2, 0) is 0 Å². The third-order valence-corrected chi connectivity index (χ3v) is 3.24. The fraction of sp³-hybridized carbons (Fsp3) is 0.0833. The summed E-state index contributed by atoms with van der Waals surface area (Å²) >= 11 is 2.07. The number of pyridine rings is 1. The standard InChI is InChI=1S/C12H11FIN3/c1-7-4-12(16-6-10(7)15)17-11-3-2-8(13)5-9(11)14/h2-6H,15H2,1H3,(H,16,17). The summed E-state index contributed by atoms with van der Waals surface area (Å²) in [6, 6.07) is 6.42. The van der Waals surface area contributed by atoms with Gasteiger partial charge in [-0.1, -0.05) is 0 Å². The monoisotopic (exact) mass is 343 g/mol. The summed E-state index contributed by atoms with van der Waals surface area (Å²) in [7, 11) is 0. The molecule has 0 aliphatic rings. The molecule has 88 valence electrons. The summed E-state index contributed by atoms with van der Waals surface area (Å²) in [5, 5.41) is 3.13. The quantitative estimate of drug-likeness (QED) is 0.821. The van der Waals surface area contributed by atoms with Crippen LogP contribution in [0.2, 0.25) is 0 Å². The zero-order chi connectivity index (χ0) is 12.4. The second-order valence-electron chi connectivity index (χ2n) is 3.68. The lowest BCUT2D eigenvalue weighted by Gasteiger charge is -2.09. The molecule has 5 heteroatoms. The van der Waals surface area contributed by atoms with E-state index in [1.54, 1.807) is 12.3 Å². The SMILES string of the molecule is Cc1cc(Nc2ccc(F)cc2I)ncc1N. The Labute approximate surface area is 112 Å². The van der Waals surface area contributed by atoms with Gasteiger partial charge in [0.25, 0.3) is 0 Å². The van der Waals surface area contributed by atoms with Crippen LogP contribution >= 0.6 is 22.6 Å². The lowest BCUT2D eigenvalue weighted by Crippen LogP contribution is -1.98. The van der Waals surface area contributed by atoms with Crippen LogP contribution in [0, 0.1) is 16.3 Å². The van der Waals surface area contributed by atoms with Gasteiger partial charge in [-0.25, -0.2) is 9.37 Å². The lowest BCUT2D eigenvalue weighted by atomic mass is 10.2. The van der Waals surface area contributed by atoms with Gasteiger partial charge in [-0.15, -0.1) is 0 Å². The highest BCUT2D eigenvalue weighted by molar-refractivity contribution is 14.1. The molecule has 1 aromatic carbocycles. The van der Waals surface area contributed by atoms with E-state index in [9.17, 15) is 4.39 Å². The summed E-state index contributed by atoms with van der Waals surface area (Å²) in [4.78, 5) is 4.16. The molecular weight excluding hydrogens is 332 g/mol. The van der Waals surface area contributed by atoms with Crippen LogP contribution < -0.4 is 11.1 Å². The first kappa shape index (κ1) is 12.1. The van der Waals surface area contributed by atoms with Gasteiger partial charge in [0.1, 0.15) is 11.6 Å². The summed E-state index contributed by atoms with van der Waals surface area (Å²) in [6.07, 6.45) is 1.61. The molecule has 0 radical (unpaired) electrons. The maximum atomic E-state index is 12.9. The first-order chi connectivity index (χ1) is 8.06. The van der Waals surface area contributed by atoms with E-state index >= 15 is 0 Å². The van der Waals surface area contributed by atoms with E-state index in [1.165, 1.54) is 12.1 Å². The van der Waals surface area contributed by atoms with Crippen molar-refractivity contribution >= 4 is 39.8 Å². The van der Waals surface area contributed by atoms with Gasteiger partial charge >= 0.3 is 0 Å². The molecule has 0 spiro atoms. The number of hydrogen-bond acceptors (Lipinski definition) is 3. The summed E-state index contributed by atoms with van der Waals surface area (Å²) in [5.74, 6) is 0.447.